The zero-order chi connectivity index (χ0) is 19.7. The molecule has 28 heavy (non-hydrogen) atoms. The second-order valence-corrected chi connectivity index (χ2v) is 5.94. The minimum Gasteiger partial charge on any atom is -0.436 e. The fraction of sp³-hybridized carbons (Fsp3) is 0. The number of hydrogen-bond acceptors (Lipinski definition) is 5. The number of hydrogen-bond donors (Lipinski definition) is 1. The second kappa shape index (κ2) is 6.92. The van der Waals surface area contributed by atoms with Gasteiger partial charge in [-0.15, -0.1) is 0 Å². The number of carbonyl (C=O) groups excluding carboxylic acids is 1. The number of nitro groups is 1. The van der Waals surface area contributed by atoms with Crippen LogP contribution in [0.5, 0.6) is 0 Å². The predicted octanol–water partition coefficient (Wildman–Crippen LogP) is 4.79. The molecule has 0 unspecified atom stereocenters. The summed E-state index contributed by atoms with van der Waals surface area (Å²) in [4.78, 5) is 26.9. The van der Waals surface area contributed by atoms with Gasteiger partial charge in [0, 0.05) is 23.4 Å². The first-order valence-electron chi connectivity index (χ1n) is 8.22. The summed E-state index contributed by atoms with van der Waals surface area (Å²) in [6.45, 7) is 0. The summed E-state index contributed by atoms with van der Waals surface area (Å²) in [6.07, 6.45) is 0. The number of fused-ring (bicyclic) bond motifs is 1. The lowest BCUT2D eigenvalue weighted by Gasteiger charge is -2.04. The Morgan fingerprint density at radius 3 is 2.68 bits per heavy atom. The Bertz CT molecular complexity index is 1220. The normalized spacial score (nSPS) is 10.8. The Labute approximate surface area is 157 Å². The Hall–Kier alpha value is -4.07. The summed E-state index contributed by atoms with van der Waals surface area (Å²) >= 11 is 0. The first kappa shape index (κ1) is 17.3. The molecule has 1 amide bonds. The molecule has 138 valence electrons. The van der Waals surface area contributed by atoms with Gasteiger partial charge in [-0.2, -0.15) is 0 Å². The van der Waals surface area contributed by atoms with Crippen LogP contribution >= 0.6 is 0 Å². The standard InChI is InChI=1S/C20H12FN3O4/c21-16-7-2-1-6-15(16)20-23-17-11-13(8-9-18(17)28-20)22-19(25)12-4-3-5-14(10-12)24(26)27/h1-11H,(H,22,25). The highest BCUT2D eigenvalue weighted by molar-refractivity contribution is 6.05. The highest BCUT2D eigenvalue weighted by Gasteiger charge is 2.14. The molecule has 0 atom stereocenters. The molecular weight excluding hydrogens is 365 g/mol. The number of nitrogens with one attached hydrogen (secondary N) is 1. The van der Waals surface area contributed by atoms with Crippen molar-refractivity contribution in [3.63, 3.8) is 0 Å². The summed E-state index contributed by atoms with van der Waals surface area (Å²) in [5.74, 6) is -0.815. The SMILES string of the molecule is O=C(Nc1ccc2oc(-c3ccccc3F)nc2c1)c1cccc([N+](=O)[O-])c1. The van der Waals surface area contributed by atoms with Gasteiger partial charge in [0.1, 0.15) is 11.3 Å². The molecule has 0 aliphatic rings. The molecule has 3 aromatic carbocycles. The number of amides is 1. The topological polar surface area (TPSA) is 98.3 Å². The van der Waals surface area contributed by atoms with Gasteiger partial charge in [0.25, 0.3) is 11.6 Å². The third-order valence-electron chi connectivity index (χ3n) is 4.07. The van der Waals surface area contributed by atoms with Crippen LogP contribution in [0, 0.1) is 15.9 Å². The minimum absolute atomic E-state index is 0.135. The van der Waals surface area contributed by atoms with E-state index in [1.165, 1.54) is 30.3 Å². The van der Waals surface area contributed by atoms with E-state index in [9.17, 15) is 19.3 Å². The third-order valence-corrected chi connectivity index (χ3v) is 4.07. The van der Waals surface area contributed by atoms with Crippen LogP contribution in [0.15, 0.2) is 71.1 Å². The number of nitrogens with zero attached hydrogens (tertiary/aromatic N) is 2. The number of non-ortho nitro benzene ring substituents is 1. The van der Waals surface area contributed by atoms with Crippen LogP contribution in [0.4, 0.5) is 15.8 Å². The van der Waals surface area contributed by atoms with Gasteiger partial charge >= 0.3 is 0 Å². The molecule has 0 aliphatic heterocycles. The second-order valence-electron chi connectivity index (χ2n) is 5.94. The van der Waals surface area contributed by atoms with Crippen molar-refractivity contribution in [1.82, 2.24) is 4.98 Å². The quantitative estimate of drug-likeness (QED) is 0.407. The van der Waals surface area contributed by atoms with E-state index in [0.29, 0.717) is 16.8 Å². The molecule has 0 saturated carbocycles. The summed E-state index contributed by atoms with van der Waals surface area (Å²) in [5, 5.41) is 13.5. The fourth-order valence-corrected chi connectivity index (χ4v) is 2.72. The number of oxazole rings is 1. The van der Waals surface area contributed by atoms with E-state index in [2.05, 4.69) is 10.3 Å². The Morgan fingerprint density at radius 2 is 1.89 bits per heavy atom. The molecule has 1 heterocycles. The molecule has 0 bridgehead atoms. The van der Waals surface area contributed by atoms with Gasteiger partial charge < -0.3 is 9.73 Å². The molecule has 0 radical (unpaired) electrons. The lowest BCUT2D eigenvalue weighted by molar-refractivity contribution is -0.384. The average Bonchev–Trinajstić information content (AvgIpc) is 3.11. The Morgan fingerprint density at radius 1 is 1.07 bits per heavy atom. The van der Waals surface area contributed by atoms with Crippen LogP contribution in [0.1, 0.15) is 10.4 Å². The van der Waals surface area contributed by atoms with Crippen LogP contribution in [0.25, 0.3) is 22.6 Å². The van der Waals surface area contributed by atoms with E-state index in [1.807, 2.05) is 0 Å². The first-order valence-corrected chi connectivity index (χ1v) is 8.22. The Kier molecular flexibility index (Phi) is 4.29. The van der Waals surface area contributed by atoms with Crippen LogP contribution in [-0.2, 0) is 0 Å². The van der Waals surface area contributed by atoms with E-state index in [1.54, 1.807) is 36.4 Å². The molecule has 0 aliphatic carbocycles. The molecule has 0 saturated heterocycles. The van der Waals surface area contributed by atoms with Crippen molar-refractivity contribution in [2.75, 3.05) is 5.32 Å². The van der Waals surface area contributed by atoms with Gasteiger partial charge in [0.2, 0.25) is 5.89 Å². The van der Waals surface area contributed by atoms with Gasteiger partial charge in [-0.05, 0) is 36.4 Å². The lowest BCUT2D eigenvalue weighted by atomic mass is 10.2. The molecule has 7 nitrogen and oxygen atoms in total. The van der Waals surface area contributed by atoms with Crippen LogP contribution in [-0.4, -0.2) is 15.8 Å². The maximum absolute atomic E-state index is 13.9. The zero-order valence-corrected chi connectivity index (χ0v) is 14.3. The molecule has 4 aromatic rings. The average molecular weight is 377 g/mol. The van der Waals surface area contributed by atoms with E-state index in [4.69, 9.17) is 4.42 Å². The van der Waals surface area contributed by atoms with Crippen molar-refractivity contribution < 1.29 is 18.5 Å². The highest BCUT2D eigenvalue weighted by Crippen LogP contribution is 2.28. The van der Waals surface area contributed by atoms with Crippen LogP contribution in [0.2, 0.25) is 0 Å². The van der Waals surface area contributed by atoms with E-state index >= 15 is 0 Å². The number of aromatic nitrogens is 1. The smallest absolute Gasteiger partial charge is 0.270 e. The van der Waals surface area contributed by atoms with Crippen LogP contribution in [0.3, 0.4) is 0 Å². The van der Waals surface area contributed by atoms with Crippen molar-refractivity contribution in [1.29, 1.82) is 0 Å². The number of benzene rings is 3. The first-order chi connectivity index (χ1) is 13.5. The zero-order valence-electron chi connectivity index (χ0n) is 14.3. The maximum Gasteiger partial charge on any atom is 0.270 e. The van der Waals surface area contributed by atoms with Crippen LogP contribution < -0.4 is 5.32 Å². The molecule has 1 aromatic heterocycles. The van der Waals surface area contributed by atoms with Crippen molar-refractivity contribution in [3.8, 4) is 11.5 Å². The number of rotatable bonds is 4. The predicted molar refractivity (Wildman–Crippen MR) is 100 cm³/mol. The fourth-order valence-electron chi connectivity index (χ4n) is 2.72. The maximum atomic E-state index is 13.9. The monoisotopic (exact) mass is 377 g/mol. The molecule has 0 spiro atoms. The van der Waals surface area contributed by atoms with Gasteiger partial charge in [0.05, 0.1) is 10.5 Å². The Balaban J connectivity index is 1.61. The molecule has 4 rings (SSSR count). The van der Waals surface area contributed by atoms with Crippen molar-refractivity contribution >= 4 is 28.4 Å². The summed E-state index contributed by atoms with van der Waals surface area (Å²) in [5.41, 5.74) is 1.52. The minimum atomic E-state index is -0.567. The van der Waals surface area contributed by atoms with Gasteiger partial charge in [-0.1, -0.05) is 18.2 Å². The summed E-state index contributed by atoms with van der Waals surface area (Å²) in [6, 6.07) is 16.3. The molecule has 1 N–H and O–H groups in total. The van der Waals surface area contributed by atoms with Gasteiger partial charge in [0.15, 0.2) is 5.58 Å². The van der Waals surface area contributed by atoms with E-state index in [0.717, 1.165) is 0 Å². The number of halogens is 1. The lowest BCUT2D eigenvalue weighted by Crippen LogP contribution is -2.12. The number of nitro benzene ring substituents is 1. The molecular formula is C20H12FN3O4. The highest BCUT2D eigenvalue weighted by atomic mass is 19.1. The van der Waals surface area contributed by atoms with Crippen molar-refractivity contribution in [2.24, 2.45) is 0 Å². The third kappa shape index (κ3) is 3.30. The summed E-state index contributed by atoms with van der Waals surface area (Å²) < 4.78 is 19.5. The number of carbonyl (C=O) groups is 1. The van der Waals surface area contributed by atoms with E-state index < -0.39 is 16.6 Å². The van der Waals surface area contributed by atoms with Crippen molar-refractivity contribution in [3.05, 3.63) is 88.2 Å². The molecule has 0 fully saturated rings. The van der Waals surface area contributed by atoms with Gasteiger partial charge in [-0.3, -0.25) is 14.9 Å². The number of anilines is 1. The summed E-state index contributed by atoms with van der Waals surface area (Å²) in [7, 11) is 0. The van der Waals surface area contributed by atoms with Gasteiger partial charge in [-0.25, -0.2) is 9.37 Å². The largest absolute Gasteiger partial charge is 0.436 e. The van der Waals surface area contributed by atoms with E-state index in [-0.39, 0.29) is 22.7 Å². The van der Waals surface area contributed by atoms with Crippen molar-refractivity contribution in [2.45, 2.75) is 0 Å². The molecule has 8 heteroatoms.